The van der Waals surface area contributed by atoms with Crippen LogP contribution in [0.3, 0.4) is 0 Å². The van der Waals surface area contributed by atoms with Gasteiger partial charge in [-0.3, -0.25) is 9.52 Å². The van der Waals surface area contributed by atoms with Crippen molar-refractivity contribution < 1.29 is 13.2 Å². The summed E-state index contributed by atoms with van der Waals surface area (Å²) in [4.78, 5) is 12.6. The zero-order valence-corrected chi connectivity index (χ0v) is 15.8. The molecule has 5 nitrogen and oxygen atoms in total. The fraction of sp³-hybridized carbons (Fsp3) is 0.316. The van der Waals surface area contributed by atoms with Gasteiger partial charge in [-0.25, -0.2) is 8.42 Å². The Bertz CT molecular complexity index is 879. The van der Waals surface area contributed by atoms with Gasteiger partial charge in [-0.05, 0) is 43.2 Å². The summed E-state index contributed by atoms with van der Waals surface area (Å²) in [5.74, 6) is -0.214. The maximum Gasteiger partial charge on any atom is 0.261 e. The van der Waals surface area contributed by atoms with Gasteiger partial charge in [0.15, 0.2) is 0 Å². The van der Waals surface area contributed by atoms with Crippen LogP contribution in [0.4, 0.5) is 5.69 Å². The van der Waals surface area contributed by atoms with Gasteiger partial charge in [0, 0.05) is 11.6 Å². The van der Waals surface area contributed by atoms with Crippen molar-refractivity contribution in [3.05, 3.63) is 59.1 Å². The molecule has 0 bridgehead atoms. The molecule has 0 radical (unpaired) electrons. The monoisotopic (exact) mass is 392 g/mol. The Hall–Kier alpha value is -2.05. The van der Waals surface area contributed by atoms with Gasteiger partial charge in [0.05, 0.1) is 15.6 Å². The Balaban J connectivity index is 1.78. The predicted molar refractivity (Wildman–Crippen MR) is 103 cm³/mol. The second kappa shape index (κ2) is 8.10. The first-order valence-corrected chi connectivity index (χ1v) is 10.5. The number of anilines is 1. The molecule has 0 heterocycles. The number of amides is 1. The van der Waals surface area contributed by atoms with Crippen molar-refractivity contribution in [2.45, 2.75) is 43.0 Å². The highest BCUT2D eigenvalue weighted by molar-refractivity contribution is 7.92. The van der Waals surface area contributed by atoms with Crippen molar-refractivity contribution in [1.82, 2.24) is 5.32 Å². The van der Waals surface area contributed by atoms with Crippen LogP contribution in [0.5, 0.6) is 0 Å². The van der Waals surface area contributed by atoms with Crippen molar-refractivity contribution in [2.75, 3.05) is 4.72 Å². The van der Waals surface area contributed by atoms with E-state index in [2.05, 4.69) is 10.0 Å². The first-order chi connectivity index (χ1) is 12.5. The van der Waals surface area contributed by atoms with Gasteiger partial charge in [0.25, 0.3) is 15.9 Å². The molecular formula is C19H21ClN2O3S. The number of rotatable bonds is 5. The summed E-state index contributed by atoms with van der Waals surface area (Å²) in [6.45, 7) is 0. The van der Waals surface area contributed by atoms with Crippen molar-refractivity contribution in [2.24, 2.45) is 0 Å². The molecule has 1 aliphatic carbocycles. The van der Waals surface area contributed by atoms with Crippen LogP contribution in [0.2, 0.25) is 5.02 Å². The van der Waals surface area contributed by atoms with E-state index in [1.165, 1.54) is 30.7 Å². The van der Waals surface area contributed by atoms with Gasteiger partial charge in [0.1, 0.15) is 0 Å². The molecule has 2 aromatic carbocycles. The van der Waals surface area contributed by atoms with E-state index in [9.17, 15) is 13.2 Å². The van der Waals surface area contributed by atoms with Crippen LogP contribution in [0, 0.1) is 0 Å². The van der Waals surface area contributed by atoms with Crippen molar-refractivity contribution in [1.29, 1.82) is 0 Å². The Morgan fingerprint density at radius 3 is 2.38 bits per heavy atom. The topological polar surface area (TPSA) is 75.3 Å². The summed E-state index contributed by atoms with van der Waals surface area (Å²) in [6, 6.07) is 12.8. The molecule has 2 N–H and O–H groups in total. The quantitative estimate of drug-likeness (QED) is 0.800. The maximum absolute atomic E-state index is 12.5. The highest BCUT2D eigenvalue weighted by Crippen LogP contribution is 2.26. The molecule has 1 aliphatic rings. The minimum atomic E-state index is -3.77. The van der Waals surface area contributed by atoms with Crippen LogP contribution < -0.4 is 10.0 Å². The lowest BCUT2D eigenvalue weighted by atomic mass is 9.95. The van der Waals surface area contributed by atoms with Gasteiger partial charge < -0.3 is 5.32 Å². The van der Waals surface area contributed by atoms with Gasteiger partial charge in [-0.15, -0.1) is 0 Å². The number of hydrogen-bond donors (Lipinski definition) is 2. The van der Waals surface area contributed by atoms with Crippen LogP contribution in [0.15, 0.2) is 53.4 Å². The molecule has 2 aromatic rings. The molecule has 0 aliphatic heterocycles. The molecule has 138 valence electrons. The number of benzene rings is 2. The Morgan fingerprint density at radius 2 is 1.69 bits per heavy atom. The largest absolute Gasteiger partial charge is 0.349 e. The molecule has 1 fully saturated rings. The number of hydrogen-bond acceptors (Lipinski definition) is 3. The molecule has 0 unspecified atom stereocenters. The van der Waals surface area contributed by atoms with Crippen LogP contribution in [-0.2, 0) is 10.0 Å². The third-order valence-corrected chi connectivity index (χ3v) is 6.18. The normalized spacial score (nSPS) is 15.4. The third kappa shape index (κ3) is 4.56. The molecule has 0 spiro atoms. The van der Waals surface area contributed by atoms with E-state index in [4.69, 9.17) is 11.6 Å². The molecule has 1 amide bonds. The van der Waals surface area contributed by atoms with Gasteiger partial charge >= 0.3 is 0 Å². The van der Waals surface area contributed by atoms with E-state index < -0.39 is 10.0 Å². The summed E-state index contributed by atoms with van der Waals surface area (Å²) in [6.07, 6.45) is 5.40. The lowest BCUT2D eigenvalue weighted by molar-refractivity contribution is 0.0927. The molecule has 26 heavy (non-hydrogen) atoms. The summed E-state index contributed by atoms with van der Waals surface area (Å²) in [7, 11) is -3.77. The Kier molecular flexibility index (Phi) is 5.84. The van der Waals surface area contributed by atoms with Crippen LogP contribution >= 0.6 is 11.6 Å². The summed E-state index contributed by atoms with van der Waals surface area (Å²) in [5.41, 5.74) is 0.567. The van der Waals surface area contributed by atoms with Crippen LogP contribution in [-0.4, -0.2) is 20.4 Å². The zero-order valence-electron chi connectivity index (χ0n) is 14.2. The number of sulfonamides is 1. The van der Waals surface area contributed by atoms with Crippen LogP contribution in [0.1, 0.15) is 42.5 Å². The van der Waals surface area contributed by atoms with E-state index >= 15 is 0 Å². The van der Waals surface area contributed by atoms with Gasteiger partial charge in [-0.2, -0.15) is 0 Å². The number of carbonyl (C=O) groups excluding carboxylic acids is 1. The van der Waals surface area contributed by atoms with Crippen molar-refractivity contribution in [3.8, 4) is 0 Å². The second-order valence-electron chi connectivity index (χ2n) is 6.42. The summed E-state index contributed by atoms with van der Waals surface area (Å²) >= 11 is 6.13. The lowest BCUT2D eigenvalue weighted by Crippen LogP contribution is -2.36. The van der Waals surface area contributed by atoms with Crippen molar-refractivity contribution >= 4 is 33.2 Å². The van der Waals surface area contributed by atoms with Crippen molar-refractivity contribution in [3.63, 3.8) is 0 Å². The third-order valence-electron chi connectivity index (χ3n) is 4.47. The number of nitrogens with one attached hydrogen (secondary N) is 2. The first kappa shape index (κ1) is 18.7. The zero-order chi connectivity index (χ0) is 18.6. The minimum absolute atomic E-state index is 0.133. The maximum atomic E-state index is 12.5. The predicted octanol–water partition coefficient (Wildman–Crippen LogP) is 4.20. The molecule has 1 saturated carbocycles. The average molecular weight is 393 g/mol. The molecule has 0 aromatic heterocycles. The van der Waals surface area contributed by atoms with E-state index in [0.717, 1.165) is 25.7 Å². The molecule has 7 heteroatoms. The Labute approximate surface area is 158 Å². The minimum Gasteiger partial charge on any atom is -0.349 e. The lowest BCUT2D eigenvalue weighted by Gasteiger charge is -2.23. The van der Waals surface area contributed by atoms with E-state index in [0.29, 0.717) is 5.56 Å². The fourth-order valence-electron chi connectivity index (χ4n) is 3.06. The van der Waals surface area contributed by atoms with E-state index in [-0.39, 0.29) is 27.6 Å². The highest BCUT2D eigenvalue weighted by Gasteiger charge is 2.19. The number of halogens is 1. The molecule has 3 rings (SSSR count). The van der Waals surface area contributed by atoms with Crippen LogP contribution in [0.25, 0.3) is 0 Å². The summed E-state index contributed by atoms with van der Waals surface area (Å²) in [5, 5.41) is 3.25. The highest BCUT2D eigenvalue weighted by atomic mass is 35.5. The molecule has 0 saturated heterocycles. The van der Waals surface area contributed by atoms with E-state index in [1.54, 1.807) is 24.3 Å². The van der Waals surface area contributed by atoms with E-state index in [1.807, 2.05) is 0 Å². The smallest absolute Gasteiger partial charge is 0.261 e. The molecular weight excluding hydrogens is 372 g/mol. The fourth-order valence-corrected chi connectivity index (χ4v) is 4.38. The first-order valence-electron chi connectivity index (χ1n) is 8.64. The summed E-state index contributed by atoms with van der Waals surface area (Å²) < 4.78 is 27.4. The SMILES string of the molecule is O=C(NC1CCCCC1)c1ccc(Cl)c(NS(=O)(=O)c2ccccc2)c1. The standard InChI is InChI=1S/C19H21ClN2O3S/c20-17-12-11-14(19(23)21-15-7-3-1-4-8-15)13-18(17)22-26(24,25)16-9-5-2-6-10-16/h2,5-6,9-13,15,22H,1,3-4,7-8H2,(H,21,23). The number of carbonyl (C=O) groups is 1. The second-order valence-corrected chi connectivity index (χ2v) is 8.51. The van der Waals surface area contributed by atoms with Gasteiger partial charge in [-0.1, -0.05) is 49.1 Å². The van der Waals surface area contributed by atoms with Gasteiger partial charge in [0.2, 0.25) is 0 Å². The average Bonchev–Trinajstić information content (AvgIpc) is 2.65. The molecule has 0 atom stereocenters. The Morgan fingerprint density at radius 1 is 1.00 bits per heavy atom.